The Morgan fingerprint density at radius 2 is 1.73 bits per heavy atom. The van der Waals surface area contributed by atoms with Crippen LogP contribution in [0.25, 0.3) is 11.1 Å². The van der Waals surface area contributed by atoms with Crippen LogP contribution in [0.4, 0.5) is 10.7 Å². The standard InChI is InChI=1S/C23H23N5O5/c1-2-13(11-19(29)30)24-21(31)20-25-22(28-27-20)26-23(32)33-12-18-16-9-5-3-7-14(16)15-8-4-6-10-17(15)18/h3-10,13,18H,2,11-12H2,1H3,(H,24,31)(H,29,30)(H2,25,26,27,28,32)/t13-/m0/s1. The number of rotatable bonds is 8. The van der Waals surface area contributed by atoms with Crippen LogP contribution < -0.4 is 10.6 Å². The van der Waals surface area contributed by atoms with E-state index in [-0.39, 0.29) is 30.7 Å². The smallest absolute Gasteiger partial charge is 0.414 e. The van der Waals surface area contributed by atoms with Gasteiger partial charge in [-0.05, 0) is 28.7 Å². The number of fused-ring (bicyclic) bond motifs is 3. The Balaban J connectivity index is 1.35. The molecule has 10 heteroatoms. The van der Waals surface area contributed by atoms with Gasteiger partial charge >= 0.3 is 12.1 Å². The number of ether oxygens (including phenoxy) is 1. The van der Waals surface area contributed by atoms with Crippen LogP contribution in [-0.2, 0) is 9.53 Å². The first kappa shape index (κ1) is 22.0. The van der Waals surface area contributed by atoms with Gasteiger partial charge in [0.05, 0.1) is 6.42 Å². The van der Waals surface area contributed by atoms with E-state index in [4.69, 9.17) is 9.84 Å². The number of hydrogen-bond acceptors (Lipinski definition) is 6. The van der Waals surface area contributed by atoms with Crippen molar-refractivity contribution in [3.8, 4) is 11.1 Å². The fraction of sp³-hybridized carbons (Fsp3) is 0.261. The van der Waals surface area contributed by atoms with Crippen molar-refractivity contribution in [3.05, 3.63) is 65.5 Å². The number of nitrogens with one attached hydrogen (secondary N) is 3. The minimum Gasteiger partial charge on any atom is -0.481 e. The van der Waals surface area contributed by atoms with Crippen molar-refractivity contribution in [2.24, 2.45) is 0 Å². The van der Waals surface area contributed by atoms with Crippen LogP contribution in [0, 0.1) is 0 Å². The van der Waals surface area contributed by atoms with E-state index in [1.807, 2.05) is 48.5 Å². The highest BCUT2D eigenvalue weighted by molar-refractivity contribution is 5.92. The van der Waals surface area contributed by atoms with E-state index < -0.39 is 24.0 Å². The third kappa shape index (κ3) is 4.84. The predicted octanol–water partition coefficient (Wildman–Crippen LogP) is 3.15. The molecule has 2 amide bonds. The maximum atomic E-state index is 12.3. The van der Waals surface area contributed by atoms with E-state index in [0.29, 0.717) is 6.42 Å². The van der Waals surface area contributed by atoms with E-state index in [0.717, 1.165) is 22.3 Å². The molecule has 0 radical (unpaired) electrons. The van der Waals surface area contributed by atoms with Gasteiger partial charge in [-0.25, -0.2) is 4.79 Å². The van der Waals surface area contributed by atoms with Crippen molar-refractivity contribution in [1.82, 2.24) is 20.5 Å². The highest BCUT2D eigenvalue weighted by atomic mass is 16.5. The molecule has 1 aliphatic rings. The number of H-pyrrole nitrogens is 1. The lowest BCUT2D eigenvalue weighted by atomic mass is 9.98. The first-order valence-corrected chi connectivity index (χ1v) is 10.5. The molecule has 0 fully saturated rings. The summed E-state index contributed by atoms with van der Waals surface area (Å²) < 4.78 is 5.43. The van der Waals surface area contributed by atoms with Gasteiger partial charge in [0.25, 0.3) is 11.9 Å². The van der Waals surface area contributed by atoms with Gasteiger partial charge < -0.3 is 15.2 Å². The average molecular weight is 449 g/mol. The first-order valence-electron chi connectivity index (χ1n) is 10.5. The molecule has 0 bridgehead atoms. The van der Waals surface area contributed by atoms with E-state index in [9.17, 15) is 14.4 Å². The maximum Gasteiger partial charge on any atom is 0.414 e. The van der Waals surface area contributed by atoms with E-state index in [2.05, 4.69) is 25.8 Å². The molecule has 2 aromatic carbocycles. The van der Waals surface area contributed by atoms with Crippen molar-refractivity contribution < 1.29 is 24.2 Å². The second-order valence-corrected chi connectivity index (χ2v) is 7.63. The molecule has 1 heterocycles. The molecule has 4 N–H and O–H groups in total. The third-order valence-corrected chi connectivity index (χ3v) is 5.51. The Bertz CT molecular complexity index is 1150. The van der Waals surface area contributed by atoms with Crippen molar-refractivity contribution >= 4 is 23.9 Å². The summed E-state index contributed by atoms with van der Waals surface area (Å²) in [5.41, 5.74) is 4.44. The van der Waals surface area contributed by atoms with Gasteiger partial charge in [0.2, 0.25) is 5.82 Å². The Hall–Kier alpha value is -4.21. The van der Waals surface area contributed by atoms with Crippen molar-refractivity contribution in [2.45, 2.75) is 31.7 Å². The quantitative estimate of drug-likeness (QED) is 0.413. The zero-order chi connectivity index (χ0) is 23.4. The molecule has 0 aliphatic heterocycles. The molecule has 170 valence electrons. The number of aromatic amines is 1. The zero-order valence-corrected chi connectivity index (χ0v) is 17.9. The molecule has 0 unspecified atom stereocenters. The molecule has 0 saturated heterocycles. The minimum atomic E-state index is -1.02. The number of carboxylic acids is 1. The van der Waals surface area contributed by atoms with Gasteiger partial charge in [0, 0.05) is 12.0 Å². The largest absolute Gasteiger partial charge is 0.481 e. The maximum absolute atomic E-state index is 12.3. The summed E-state index contributed by atoms with van der Waals surface area (Å²) in [5, 5.41) is 20.1. The molecule has 33 heavy (non-hydrogen) atoms. The van der Waals surface area contributed by atoms with Crippen molar-refractivity contribution in [3.63, 3.8) is 0 Å². The van der Waals surface area contributed by atoms with Crippen LogP contribution in [0.5, 0.6) is 0 Å². The Kier molecular flexibility index (Phi) is 6.34. The van der Waals surface area contributed by atoms with Gasteiger partial charge in [-0.3, -0.25) is 20.0 Å². The lowest BCUT2D eigenvalue weighted by Crippen LogP contribution is -2.36. The first-order chi connectivity index (χ1) is 16.0. The van der Waals surface area contributed by atoms with Crippen molar-refractivity contribution in [2.75, 3.05) is 11.9 Å². The topological polar surface area (TPSA) is 146 Å². The normalized spacial score (nSPS) is 13.0. The summed E-state index contributed by atoms with van der Waals surface area (Å²) in [6.07, 6.45) is -0.515. The lowest BCUT2D eigenvalue weighted by molar-refractivity contribution is -0.137. The second kappa shape index (κ2) is 9.51. The molecule has 0 saturated carbocycles. The summed E-state index contributed by atoms with van der Waals surface area (Å²) in [6, 6.07) is 15.5. The fourth-order valence-corrected chi connectivity index (χ4v) is 3.91. The molecule has 0 spiro atoms. The summed E-state index contributed by atoms with van der Waals surface area (Å²) in [5.74, 6) is -1.98. The number of carboxylic acid groups (broad SMARTS) is 1. The fourth-order valence-electron chi connectivity index (χ4n) is 3.91. The molecular formula is C23H23N5O5. The van der Waals surface area contributed by atoms with Gasteiger partial charge in [-0.2, -0.15) is 4.98 Å². The number of carbonyl (C=O) groups is 3. The lowest BCUT2D eigenvalue weighted by Gasteiger charge is -2.14. The van der Waals surface area contributed by atoms with E-state index >= 15 is 0 Å². The number of hydrogen-bond donors (Lipinski definition) is 4. The van der Waals surface area contributed by atoms with Crippen LogP contribution in [0.3, 0.4) is 0 Å². The number of aliphatic carboxylic acids is 1. The molecule has 10 nitrogen and oxygen atoms in total. The summed E-state index contributed by atoms with van der Waals surface area (Å²) >= 11 is 0. The SMILES string of the molecule is CC[C@@H](CC(=O)O)NC(=O)c1nc(NC(=O)OCC2c3ccccc3-c3ccccc32)n[nH]1. The highest BCUT2D eigenvalue weighted by Crippen LogP contribution is 2.44. The average Bonchev–Trinajstić information content (AvgIpc) is 3.39. The predicted molar refractivity (Wildman–Crippen MR) is 119 cm³/mol. The third-order valence-electron chi connectivity index (χ3n) is 5.51. The van der Waals surface area contributed by atoms with E-state index in [1.165, 1.54) is 0 Å². The Morgan fingerprint density at radius 3 is 2.33 bits per heavy atom. The van der Waals surface area contributed by atoms with Gasteiger partial charge in [0.1, 0.15) is 6.61 Å². The van der Waals surface area contributed by atoms with Gasteiger partial charge in [-0.15, -0.1) is 5.10 Å². The number of benzene rings is 2. The Morgan fingerprint density at radius 1 is 1.09 bits per heavy atom. The van der Waals surface area contributed by atoms with Crippen LogP contribution in [0.1, 0.15) is 47.4 Å². The minimum absolute atomic E-state index is 0.0863. The molecular weight excluding hydrogens is 426 g/mol. The van der Waals surface area contributed by atoms with Crippen LogP contribution in [-0.4, -0.2) is 50.9 Å². The monoisotopic (exact) mass is 449 g/mol. The Labute approximate surface area is 189 Å². The van der Waals surface area contributed by atoms with Crippen LogP contribution in [0.2, 0.25) is 0 Å². The molecule has 1 aliphatic carbocycles. The number of amides is 2. The molecule has 1 atom stereocenters. The van der Waals surface area contributed by atoms with Gasteiger partial charge in [-0.1, -0.05) is 55.5 Å². The molecule has 1 aromatic heterocycles. The number of anilines is 1. The zero-order valence-electron chi connectivity index (χ0n) is 17.9. The highest BCUT2D eigenvalue weighted by Gasteiger charge is 2.29. The molecule has 4 rings (SSSR count). The van der Waals surface area contributed by atoms with Gasteiger partial charge in [0.15, 0.2) is 0 Å². The van der Waals surface area contributed by atoms with Crippen LogP contribution >= 0.6 is 0 Å². The van der Waals surface area contributed by atoms with Crippen LogP contribution in [0.15, 0.2) is 48.5 Å². The summed E-state index contributed by atoms with van der Waals surface area (Å²) in [6.45, 7) is 1.89. The summed E-state index contributed by atoms with van der Waals surface area (Å²) in [7, 11) is 0. The summed E-state index contributed by atoms with van der Waals surface area (Å²) in [4.78, 5) is 39.4. The number of nitrogens with zero attached hydrogens (tertiary/aromatic N) is 2. The van der Waals surface area contributed by atoms with E-state index in [1.54, 1.807) is 6.92 Å². The van der Waals surface area contributed by atoms with Crippen molar-refractivity contribution in [1.29, 1.82) is 0 Å². The number of aromatic nitrogens is 3. The second-order valence-electron chi connectivity index (χ2n) is 7.63. The number of carbonyl (C=O) groups excluding carboxylic acids is 2. The molecule has 3 aromatic rings.